The first-order chi connectivity index (χ1) is 14.6. The molecule has 1 amide bonds. The summed E-state index contributed by atoms with van der Waals surface area (Å²) < 4.78 is 11.1. The summed E-state index contributed by atoms with van der Waals surface area (Å²) >= 11 is 0. The summed E-state index contributed by atoms with van der Waals surface area (Å²) in [6.07, 6.45) is 0.878. The second-order valence-electron chi connectivity index (χ2n) is 9.09. The first-order valence-electron chi connectivity index (χ1n) is 10.8. The number of amides is 1. The quantitative estimate of drug-likeness (QED) is 0.583. The Morgan fingerprint density at radius 1 is 1.10 bits per heavy atom. The maximum atomic E-state index is 13.7. The highest BCUT2D eigenvalue weighted by molar-refractivity contribution is 6.00. The lowest BCUT2D eigenvalue weighted by molar-refractivity contribution is -0.142. The van der Waals surface area contributed by atoms with E-state index >= 15 is 0 Å². The number of benzene rings is 2. The van der Waals surface area contributed by atoms with Gasteiger partial charge in [-0.05, 0) is 35.1 Å². The summed E-state index contributed by atoms with van der Waals surface area (Å²) in [6, 6.07) is 17.2. The Morgan fingerprint density at radius 3 is 2.27 bits per heavy atom. The van der Waals surface area contributed by atoms with Gasteiger partial charge in [0.15, 0.2) is 11.7 Å². The van der Waals surface area contributed by atoms with E-state index in [0.29, 0.717) is 13.1 Å². The lowest BCUT2D eigenvalue weighted by atomic mass is 9.48. The Labute approximate surface area is 176 Å². The minimum Gasteiger partial charge on any atom is -0.467 e. The second kappa shape index (κ2) is 5.94. The van der Waals surface area contributed by atoms with Gasteiger partial charge in [0.2, 0.25) is 0 Å². The molecule has 5 heteroatoms. The molecule has 5 nitrogen and oxygen atoms in total. The molecule has 1 unspecified atom stereocenters. The van der Waals surface area contributed by atoms with Gasteiger partial charge in [0.05, 0.1) is 7.11 Å². The standard InChI is InChI=1S/C25H25NO4/c1-3-12-26-14-24(25(23(26)28)21(30-25)22(27)29-2)13-19-15-8-4-6-10-17(15)20(24)18-11-7-5-9-16(18)19/h4-11,19-21H,3,12-14H2,1-2H3/t19?,20?,21-,24?,25-/m0/s1. The van der Waals surface area contributed by atoms with Crippen molar-refractivity contribution in [2.45, 2.75) is 43.3 Å². The van der Waals surface area contributed by atoms with Gasteiger partial charge in [-0.2, -0.15) is 0 Å². The lowest BCUT2D eigenvalue weighted by Crippen LogP contribution is -2.52. The van der Waals surface area contributed by atoms with Crippen LogP contribution in [0.25, 0.3) is 0 Å². The zero-order valence-electron chi connectivity index (χ0n) is 17.3. The fourth-order valence-corrected chi connectivity index (χ4v) is 6.78. The maximum Gasteiger partial charge on any atom is 0.338 e. The average molecular weight is 403 g/mol. The van der Waals surface area contributed by atoms with Gasteiger partial charge in [0.1, 0.15) is 0 Å². The summed E-state index contributed by atoms with van der Waals surface area (Å²) in [4.78, 5) is 28.2. The van der Waals surface area contributed by atoms with Crippen LogP contribution in [0.5, 0.6) is 0 Å². The van der Waals surface area contributed by atoms with Gasteiger partial charge in [-0.15, -0.1) is 0 Å². The van der Waals surface area contributed by atoms with E-state index in [1.54, 1.807) is 0 Å². The van der Waals surface area contributed by atoms with Crippen molar-refractivity contribution in [3.8, 4) is 0 Å². The van der Waals surface area contributed by atoms with Gasteiger partial charge < -0.3 is 14.4 Å². The fraction of sp³-hybridized carbons (Fsp3) is 0.440. The van der Waals surface area contributed by atoms with Crippen LogP contribution in [0.15, 0.2) is 48.5 Å². The molecule has 3 atom stereocenters. The van der Waals surface area contributed by atoms with E-state index in [9.17, 15) is 9.59 Å². The maximum absolute atomic E-state index is 13.7. The van der Waals surface area contributed by atoms with Crippen molar-refractivity contribution in [2.24, 2.45) is 5.41 Å². The lowest BCUT2D eigenvalue weighted by Gasteiger charge is -2.53. The van der Waals surface area contributed by atoms with E-state index in [1.165, 1.54) is 29.4 Å². The largest absolute Gasteiger partial charge is 0.467 e. The van der Waals surface area contributed by atoms with E-state index in [2.05, 4.69) is 55.5 Å². The predicted molar refractivity (Wildman–Crippen MR) is 110 cm³/mol. The van der Waals surface area contributed by atoms with Gasteiger partial charge in [-0.25, -0.2) is 4.79 Å². The highest BCUT2D eigenvalue weighted by Gasteiger charge is 2.84. The Balaban J connectivity index is 1.59. The third-order valence-electron chi connectivity index (χ3n) is 7.83. The molecule has 2 aromatic carbocycles. The Bertz CT molecular complexity index is 1030. The number of carbonyl (C=O) groups excluding carboxylic acids is 2. The molecule has 2 heterocycles. The first-order valence-corrected chi connectivity index (χ1v) is 10.8. The van der Waals surface area contributed by atoms with Crippen LogP contribution in [0.1, 0.15) is 53.9 Å². The van der Waals surface area contributed by atoms with Crippen molar-refractivity contribution in [3.63, 3.8) is 0 Å². The molecular weight excluding hydrogens is 378 g/mol. The molecule has 2 aliphatic heterocycles. The normalized spacial score (nSPS) is 34.9. The van der Waals surface area contributed by atoms with Gasteiger partial charge >= 0.3 is 5.97 Å². The van der Waals surface area contributed by atoms with Crippen molar-refractivity contribution < 1.29 is 19.1 Å². The van der Waals surface area contributed by atoms with E-state index in [0.717, 1.165) is 12.8 Å². The predicted octanol–water partition coefficient (Wildman–Crippen LogP) is 3.22. The number of esters is 1. The molecule has 0 aromatic heterocycles. The Morgan fingerprint density at radius 2 is 1.70 bits per heavy atom. The van der Waals surface area contributed by atoms with Crippen LogP contribution in [0.3, 0.4) is 0 Å². The zero-order chi connectivity index (χ0) is 20.7. The van der Waals surface area contributed by atoms with Crippen LogP contribution >= 0.6 is 0 Å². The number of rotatable bonds is 3. The van der Waals surface area contributed by atoms with Gasteiger partial charge in [0.25, 0.3) is 5.91 Å². The molecule has 0 N–H and O–H groups in total. The molecule has 2 spiro atoms. The van der Waals surface area contributed by atoms with Crippen LogP contribution in [0, 0.1) is 5.41 Å². The van der Waals surface area contributed by atoms with E-state index in [1.807, 2.05) is 4.90 Å². The van der Waals surface area contributed by atoms with Crippen LogP contribution in [-0.2, 0) is 19.1 Å². The first kappa shape index (κ1) is 18.1. The number of hydrogen-bond acceptors (Lipinski definition) is 4. The second-order valence-corrected chi connectivity index (χ2v) is 9.09. The van der Waals surface area contributed by atoms with Gasteiger partial charge in [-0.1, -0.05) is 55.5 Å². The summed E-state index contributed by atoms with van der Waals surface area (Å²) in [5, 5.41) is 0. The Kier molecular flexibility index (Phi) is 3.59. The Hall–Kier alpha value is -2.66. The monoisotopic (exact) mass is 403 g/mol. The highest BCUT2D eigenvalue weighted by Crippen LogP contribution is 2.72. The molecule has 0 radical (unpaired) electrons. The summed E-state index contributed by atoms with van der Waals surface area (Å²) in [6.45, 7) is 3.38. The summed E-state index contributed by atoms with van der Waals surface area (Å²) in [5.74, 6) is -0.252. The van der Waals surface area contributed by atoms with Crippen molar-refractivity contribution in [1.82, 2.24) is 4.90 Å². The van der Waals surface area contributed by atoms with E-state index < -0.39 is 23.1 Å². The SMILES string of the molecule is CCCN1CC2(CC3c4ccccc4C2c2ccccc23)[C@@]2(O[C@H]2C(=O)OC)C1=O. The molecule has 3 aliphatic carbocycles. The molecule has 7 rings (SSSR count). The summed E-state index contributed by atoms with van der Waals surface area (Å²) in [7, 11) is 1.37. The molecule has 2 bridgehead atoms. The summed E-state index contributed by atoms with van der Waals surface area (Å²) in [5.41, 5.74) is 3.66. The third-order valence-corrected chi connectivity index (χ3v) is 7.83. The van der Waals surface area contributed by atoms with Crippen LogP contribution in [0.2, 0.25) is 0 Å². The third kappa shape index (κ3) is 1.92. The van der Waals surface area contributed by atoms with Crippen molar-refractivity contribution in [3.05, 3.63) is 70.8 Å². The smallest absolute Gasteiger partial charge is 0.338 e. The minimum atomic E-state index is -1.11. The van der Waals surface area contributed by atoms with E-state index in [4.69, 9.17) is 9.47 Å². The fourth-order valence-electron chi connectivity index (χ4n) is 6.78. The van der Waals surface area contributed by atoms with Crippen molar-refractivity contribution in [1.29, 1.82) is 0 Å². The van der Waals surface area contributed by atoms with Gasteiger partial charge in [0, 0.05) is 30.3 Å². The van der Waals surface area contributed by atoms with Crippen LogP contribution < -0.4 is 0 Å². The number of hydrogen-bond donors (Lipinski definition) is 0. The number of ether oxygens (including phenoxy) is 2. The zero-order valence-corrected chi connectivity index (χ0v) is 17.3. The molecule has 5 aliphatic rings. The molecule has 30 heavy (non-hydrogen) atoms. The molecule has 0 saturated carbocycles. The van der Waals surface area contributed by atoms with Crippen LogP contribution in [-0.4, -0.2) is 48.7 Å². The molecule has 2 saturated heterocycles. The van der Waals surface area contributed by atoms with Crippen molar-refractivity contribution in [2.75, 3.05) is 20.2 Å². The van der Waals surface area contributed by atoms with E-state index in [-0.39, 0.29) is 17.7 Å². The number of likely N-dealkylation sites (tertiary alicyclic amines) is 1. The molecule has 154 valence electrons. The molecule has 2 aromatic rings. The topological polar surface area (TPSA) is 59.1 Å². The molecular formula is C25H25NO4. The molecule has 2 fully saturated rings. The minimum absolute atomic E-state index is 0.0235. The number of epoxide rings is 1. The number of carbonyl (C=O) groups is 2. The average Bonchev–Trinajstić information content (AvgIpc) is 3.51. The van der Waals surface area contributed by atoms with Crippen molar-refractivity contribution >= 4 is 11.9 Å². The highest BCUT2D eigenvalue weighted by atomic mass is 16.7. The van der Waals surface area contributed by atoms with Crippen LogP contribution in [0.4, 0.5) is 0 Å². The number of methoxy groups -OCH3 is 1. The number of nitrogens with zero attached hydrogens (tertiary/aromatic N) is 1. The van der Waals surface area contributed by atoms with Gasteiger partial charge in [-0.3, -0.25) is 4.79 Å².